The van der Waals surface area contributed by atoms with Gasteiger partial charge in [-0.3, -0.25) is 9.59 Å². The molecule has 3 heterocycles. The van der Waals surface area contributed by atoms with Crippen molar-refractivity contribution in [2.45, 2.75) is 31.7 Å². The summed E-state index contributed by atoms with van der Waals surface area (Å²) in [4.78, 5) is 29.6. The Bertz CT molecular complexity index is 829. The number of carbonyl (C=O) groups excluding carboxylic acids is 2. The van der Waals surface area contributed by atoms with Gasteiger partial charge in [-0.1, -0.05) is 15.9 Å². The van der Waals surface area contributed by atoms with Gasteiger partial charge in [0.05, 0.1) is 13.2 Å². The van der Waals surface area contributed by atoms with Gasteiger partial charge in [0.25, 0.3) is 0 Å². The Labute approximate surface area is 148 Å². The molecule has 1 amide bonds. The van der Waals surface area contributed by atoms with Gasteiger partial charge in [-0.25, -0.2) is 0 Å². The van der Waals surface area contributed by atoms with Crippen LogP contribution in [0.4, 0.5) is 0 Å². The Kier molecular flexibility index (Phi) is 3.87. The van der Waals surface area contributed by atoms with Gasteiger partial charge in [0, 0.05) is 40.5 Å². The number of aromatic nitrogens is 1. The Morgan fingerprint density at radius 3 is 3.08 bits per heavy atom. The summed E-state index contributed by atoms with van der Waals surface area (Å²) >= 11 is 3.54. The number of benzene rings is 1. The molecule has 2 aliphatic heterocycles. The Morgan fingerprint density at radius 1 is 1.46 bits per heavy atom. The standard InChI is InChI=1S/C18H19BrN2O3/c1-24-17(23)8-10-6-15-18-12(4-5-21(15)16(22)7-10)13-9-11(19)2-3-14(13)20-18/h2-3,9-10,15,20H,4-8H2,1H3/t10?,15-/m0/s1. The number of amides is 1. The van der Waals surface area contributed by atoms with E-state index in [0.717, 1.165) is 35.1 Å². The fraction of sp³-hybridized carbons (Fsp3) is 0.444. The van der Waals surface area contributed by atoms with Crippen LogP contribution in [0.3, 0.4) is 0 Å². The number of nitrogens with one attached hydrogen (secondary N) is 1. The van der Waals surface area contributed by atoms with E-state index in [0.29, 0.717) is 12.8 Å². The van der Waals surface area contributed by atoms with E-state index in [1.54, 1.807) is 0 Å². The number of piperidine rings is 1. The molecule has 2 atom stereocenters. The van der Waals surface area contributed by atoms with E-state index in [-0.39, 0.29) is 23.8 Å². The van der Waals surface area contributed by atoms with E-state index in [4.69, 9.17) is 4.74 Å². The number of carbonyl (C=O) groups is 2. The van der Waals surface area contributed by atoms with E-state index >= 15 is 0 Å². The van der Waals surface area contributed by atoms with Gasteiger partial charge in [0.15, 0.2) is 0 Å². The second-order valence-corrected chi connectivity index (χ2v) is 7.56. The summed E-state index contributed by atoms with van der Waals surface area (Å²) < 4.78 is 5.84. The second kappa shape index (κ2) is 5.92. The smallest absolute Gasteiger partial charge is 0.305 e. The number of aromatic amines is 1. The number of halogens is 1. The van der Waals surface area contributed by atoms with Gasteiger partial charge in [0.1, 0.15) is 0 Å². The maximum atomic E-state index is 12.5. The van der Waals surface area contributed by atoms with Crippen molar-refractivity contribution in [3.05, 3.63) is 33.9 Å². The van der Waals surface area contributed by atoms with Gasteiger partial charge < -0.3 is 14.6 Å². The molecule has 1 aromatic heterocycles. The van der Waals surface area contributed by atoms with Gasteiger partial charge >= 0.3 is 5.97 Å². The molecule has 0 bridgehead atoms. The highest BCUT2D eigenvalue weighted by atomic mass is 79.9. The monoisotopic (exact) mass is 390 g/mol. The molecule has 1 unspecified atom stereocenters. The van der Waals surface area contributed by atoms with Crippen molar-refractivity contribution in [1.82, 2.24) is 9.88 Å². The Balaban J connectivity index is 1.71. The zero-order chi connectivity index (χ0) is 16.8. The highest BCUT2D eigenvalue weighted by Crippen LogP contribution is 2.42. The number of methoxy groups -OCH3 is 1. The summed E-state index contributed by atoms with van der Waals surface area (Å²) in [5.74, 6) is -0.0428. The van der Waals surface area contributed by atoms with Crippen LogP contribution < -0.4 is 0 Å². The number of H-pyrrole nitrogens is 1. The number of ether oxygens (including phenoxy) is 1. The lowest BCUT2D eigenvalue weighted by molar-refractivity contribution is -0.145. The van der Waals surface area contributed by atoms with Crippen molar-refractivity contribution in [3.8, 4) is 0 Å². The van der Waals surface area contributed by atoms with Crippen LogP contribution in [0, 0.1) is 5.92 Å². The average Bonchev–Trinajstić information content (AvgIpc) is 2.93. The van der Waals surface area contributed by atoms with E-state index in [1.807, 2.05) is 11.0 Å². The highest BCUT2D eigenvalue weighted by Gasteiger charge is 2.40. The SMILES string of the molecule is COC(=O)CC1CC(=O)N2CCc3c([nH]c4ccc(Br)cc34)[C@@H]2C1. The van der Waals surface area contributed by atoms with Gasteiger partial charge in [-0.15, -0.1) is 0 Å². The first kappa shape index (κ1) is 15.7. The number of rotatable bonds is 2. The normalized spacial score (nSPS) is 23.1. The molecule has 24 heavy (non-hydrogen) atoms. The summed E-state index contributed by atoms with van der Waals surface area (Å²) in [5.41, 5.74) is 3.55. The highest BCUT2D eigenvalue weighted by molar-refractivity contribution is 9.10. The number of hydrogen-bond acceptors (Lipinski definition) is 3. The molecule has 4 rings (SSSR count). The quantitative estimate of drug-likeness (QED) is 0.799. The van der Waals surface area contributed by atoms with Gasteiger partial charge in [-0.2, -0.15) is 0 Å². The fourth-order valence-electron chi connectivity index (χ4n) is 4.12. The van der Waals surface area contributed by atoms with Crippen LogP contribution in [0.5, 0.6) is 0 Å². The molecule has 1 saturated heterocycles. The number of esters is 1. The zero-order valence-electron chi connectivity index (χ0n) is 13.5. The maximum Gasteiger partial charge on any atom is 0.305 e. The largest absolute Gasteiger partial charge is 0.469 e. The summed E-state index contributed by atoms with van der Waals surface area (Å²) in [6.07, 6.45) is 2.43. The molecule has 5 nitrogen and oxygen atoms in total. The first-order chi connectivity index (χ1) is 11.6. The predicted octanol–water partition coefficient (Wildman–Crippen LogP) is 3.33. The third kappa shape index (κ3) is 2.53. The minimum absolute atomic E-state index is 0.0378. The number of nitrogens with zero attached hydrogens (tertiary/aromatic N) is 1. The molecule has 2 aromatic rings. The molecule has 6 heteroatoms. The van der Waals surface area contributed by atoms with Crippen LogP contribution in [0.25, 0.3) is 10.9 Å². The summed E-state index contributed by atoms with van der Waals surface area (Å²) in [6.45, 7) is 0.751. The average molecular weight is 391 g/mol. The van der Waals surface area contributed by atoms with Crippen molar-refractivity contribution in [2.75, 3.05) is 13.7 Å². The van der Waals surface area contributed by atoms with E-state index in [1.165, 1.54) is 18.1 Å². The molecule has 0 saturated carbocycles. The van der Waals surface area contributed by atoms with Crippen LogP contribution in [-0.2, 0) is 20.7 Å². The minimum Gasteiger partial charge on any atom is -0.469 e. The van der Waals surface area contributed by atoms with E-state index in [2.05, 4.69) is 33.0 Å². The first-order valence-corrected chi connectivity index (χ1v) is 9.02. The van der Waals surface area contributed by atoms with Crippen LogP contribution in [-0.4, -0.2) is 35.4 Å². The lowest BCUT2D eigenvalue weighted by Gasteiger charge is -2.42. The summed E-state index contributed by atoms with van der Waals surface area (Å²) in [5, 5.41) is 1.22. The zero-order valence-corrected chi connectivity index (χ0v) is 15.1. The number of hydrogen-bond donors (Lipinski definition) is 1. The molecule has 0 aliphatic carbocycles. The molecule has 1 aromatic carbocycles. The Morgan fingerprint density at radius 2 is 2.29 bits per heavy atom. The van der Waals surface area contributed by atoms with Crippen molar-refractivity contribution in [3.63, 3.8) is 0 Å². The van der Waals surface area contributed by atoms with Crippen LogP contribution in [0.15, 0.2) is 22.7 Å². The molecule has 0 spiro atoms. The molecule has 126 valence electrons. The van der Waals surface area contributed by atoms with Crippen LogP contribution in [0.2, 0.25) is 0 Å². The van der Waals surface area contributed by atoms with Crippen molar-refractivity contribution >= 4 is 38.7 Å². The number of fused-ring (bicyclic) bond motifs is 5. The van der Waals surface area contributed by atoms with Crippen LogP contribution >= 0.6 is 15.9 Å². The molecular weight excluding hydrogens is 372 g/mol. The molecular formula is C18H19BrN2O3. The van der Waals surface area contributed by atoms with Crippen molar-refractivity contribution < 1.29 is 14.3 Å². The second-order valence-electron chi connectivity index (χ2n) is 6.65. The van der Waals surface area contributed by atoms with Crippen molar-refractivity contribution in [1.29, 1.82) is 0 Å². The maximum absolute atomic E-state index is 12.5. The Hall–Kier alpha value is -1.82. The molecule has 2 aliphatic rings. The van der Waals surface area contributed by atoms with E-state index < -0.39 is 0 Å². The summed E-state index contributed by atoms with van der Waals surface area (Å²) in [6, 6.07) is 6.26. The third-order valence-corrected chi connectivity index (χ3v) is 5.73. The topological polar surface area (TPSA) is 62.4 Å². The first-order valence-electron chi connectivity index (χ1n) is 8.23. The molecule has 1 fully saturated rings. The molecule has 0 radical (unpaired) electrons. The lowest BCUT2D eigenvalue weighted by atomic mass is 9.83. The lowest BCUT2D eigenvalue weighted by Crippen LogP contribution is -2.45. The van der Waals surface area contributed by atoms with Gasteiger partial charge in [-0.05, 0) is 42.5 Å². The van der Waals surface area contributed by atoms with E-state index in [9.17, 15) is 9.59 Å². The summed E-state index contributed by atoms with van der Waals surface area (Å²) in [7, 11) is 1.40. The van der Waals surface area contributed by atoms with Crippen LogP contribution in [0.1, 0.15) is 36.6 Å². The minimum atomic E-state index is -0.238. The van der Waals surface area contributed by atoms with Gasteiger partial charge in [0.2, 0.25) is 5.91 Å². The van der Waals surface area contributed by atoms with Crippen molar-refractivity contribution in [2.24, 2.45) is 5.92 Å². The fourth-order valence-corrected chi connectivity index (χ4v) is 4.48. The predicted molar refractivity (Wildman–Crippen MR) is 93.5 cm³/mol. The molecule has 1 N–H and O–H groups in total. The third-order valence-electron chi connectivity index (χ3n) is 5.24.